The van der Waals surface area contributed by atoms with Crippen LogP contribution in [0.2, 0.25) is 0 Å². The lowest BCUT2D eigenvalue weighted by molar-refractivity contribution is -0.115. The topological polar surface area (TPSA) is 63.2 Å². The monoisotopic (exact) mass is 305 g/mol. The first kappa shape index (κ1) is 15.5. The van der Waals surface area contributed by atoms with Gasteiger partial charge in [0.05, 0.1) is 18.8 Å². The van der Waals surface area contributed by atoms with Crippen molar-refractivity contribution in [2.45, 2.75) is 13.3 Å². The number of thiazole rings is 1. The summed E-state index contributed by atoms with van der Waals surface area (Å²) in [5.41, 5.74) is 1.85. The number of carbonyl (C=O) groups is 1. The molecule has 0 aliphatic heterocycles. The van der Waals surface area contributed by atoms with Crippen molar-refractivity contribution in [3.05, 3.63) is 29.6 Å². The SMILES string of the molecule is CCCOc1ccc(-c2csc(NC(=O)CNC)n2)cc1. The Morgan fingerprint density at radius 1 is 1.33 bits per heavy atom. The molecule has 0 spiro atoms. The summed E-state index contributed by atoms with van der Waals surface area (Å²) in [6.45, 7) is 3.07. The number of likely N-dealkylation sites (N-methyl/N-ethyl adjacent to an activating group) is 1. The molecule has 112 valence electrons. The molecule has 2 N–H and O–H groups in total. The van der Waals surface area contributed by atoms with Crippen LogP contribution in [0.3, 0.4) is 0 Å². The highest BCUT2D eigenvalue weighted by molar-refractivity contribution is 7.14. The van der Waals surface area contributed by atoms with Crippen LogP contribution < -0.4 is 15.4 Å². The number of nitrogens with zero attached hydrogens (tertiary/aromatic N) is 1. The number of nitrogens with one attached hydrogen (secondary N) is 2. The summed E-state index contributed by atoms with van der Waals surface area (Å²) < 4.78 is 5.55. The number of amides is 1. The zero-order valence-corrected chi connectivity index (χ0v) is 13.0. The van der Waals surface area contributed by atoms with Gasteiger partial charge in [0.2, 0.25) is 5.91 Å². The van der Waals surface area contributed by atoms with E-state index in [1.54, 1.807) is 7.05 Å². The minimum atomic E-state index is -0.0956. The molecule has 5 nitrogen and oxygen atoms in total. The maximum Gasteiger partial charge on any atom is 0.240 e. The summed E-state index contributed by atoms with van der Waals surface area (Å²) in [5, 5.41) is 8.09. The van der Waals surface area contributed by atoms with E-state index in [-0.39, 0.29) is 12.5 Å². The standard InChI is InChI=1S/C15H19N3O2S/c1-3-8-20-12-6-4-11(5-7-12)13-10-21-15(17-13)18-14(19)9-16-2/h4-7,10,16H,3,8-9H2,1-2H3,(H,17,18,19). The lowest BCUT2D eigenvalue weighted by Crippen LogP contribution is -2.24. The van der Waals surface area contributed by atoms with Crippen molar-refractivity contribution < 1.29 is 9.53 Å². The second kappa shape index (κ2) is 7.75. The number of ether oxygens (including phenoxy) is 1. The van der Waals surface area contributed by atoms with Gasteiger partial charge in [-0.3, -0.25) is 4.79 Å². The van der Waals surface area contributed by atoms with Crippen LogP contribution in [-0.4, -0.2) is 31.1 Å². The predicted molar refractivity (Wildman–Crippen MR) is 85.9 cm³/mol. The second-order valence-electron chi connectivity index (χ2n) is 4.49. The lowest BCUT2D eigenvalue weighted by Gasteiger charge is -2.04. The highest BCUT2D eigenvalue weighted by Gasteiger charge is 2.07. The Labute approximate surface area is 128 Å². The van der Waals surface area contributed by atoms with Crippen molar-refractivity contribution in [3.8, 4) is 17.0 Å². The molecular formula is C15H19N3O2S. The van der Waals surface area contributed by atoms with E-state index in [0.29, 0.717) is 5.13 Å². The molecule has 1 aromatic carbocycles. The van der Waals surface area contributed by atoms with E-state index < -0.39 is 0 Å². The van der Waals surface area contributed by atoms with Crippen molar-refractivity contribution in [3.63, 3.8) is 0 Å². The van der Waals surface area contributed by atoms with E-state index in [0.717, 1.165) is 30.0 Å². The molecule has 0 bridgehead atoms. The van der Waals surface area contributed by atoms with Gasteiger partial charge in [-0.25, -0.2) is 4.98 Å². The molecule has 0 atom stereocenters. The largest absolute Gasteiger partial charge is 0.494 e. The van der Waals surface area contributed by atoms with E-state index >= 15 is 0 Å². The number of hydrogen-bond acceptors (Lipinski definition) is 5. The Morgan fingerprint density at radius 3 is 2.76 bits per heavy atom. The molecule has 0 aliphatic rings. The first-order valence-electron chi connectivity index (χ1n) is 6.86. The van der Waals surface area contributed by atoms with E-state index in [1.165, 1.54) is 11.3 Å². The second-order valence-corrected chi connectivity index (χ2v) is 5.35. The van der Waals surface area contributed by atoms with Gasteiger partial charge in [-0.05, 0) is 37.7 Å². The third-order valence-corrected chi connectivity index (χ3v) is 3.47. The Hall–Kier alpha value is -1.92. The zero-order valence-electron chi connectivity index (χ0n) is 12.2. The number of anilines is 1. The zero-order chi connectivity index (χ0) is 15.1. The minimum absolute atomic E-state index is 0.0956. The van der Waals surface area contributed by atoms with Crippen LogP contribution in [-0.2, 0) is 4.79 Å². The third-order valence-electron chi connectivity index (χ3n) is 2.71. The summed E-state index contributed by atoms with van der Waals surface area (Å²) in [6.07, 6.45) is 0.990. The number of rotatable bonds is 7. The highest BCUT2D eigenvalue weighted by atomic mass is 32.1. The fraction of sp³-hybridized carbons (Fsp3) is 0.333. The van der Waals surface area contributed by atoms with Crippen LogP contribution in [0.25, 0.3) is 11.3 Å². The summed E-state index contributed by atoms with van der Waals surface area (Å²) >= 11 is 1.41. The molecule has 2 rings (SSSR count). The number of aromatic nitrogens is 1. The molecule has 0 fully saturated rings. The molecule has 6 heteroatoms. The average molecular weight is 305 g/mol. The summed E-state index contributed by atoms with van der Waals surface area (Å²) in [4.78, 5) is 15.9. The third kappa shape index (κ3) is 4.54. The van der Waals surface area contributed by atoms with E-state index in [1.807, 2.05) is 29.6 Å². The van der Waals surface area contributed by atoms with Crippen LogP contribution in [0, 0.1) is 0 Å². The minimum Gasteiger partial charge on any atom is -0.494 e. The normalized spacial score (nSPS) is 10.4. The van der Waals surface area contributed by atoms with E-state index in [2.05, 4.69) is 22.5 Å². The van der Waals surface area contributed by atoms with Crippen LogP contribution >= 0.6 is 11.3 Å². The van der Waals surface area contributed by atoms with Gasteiger partial charge in [0, 0.05) is 10.9 Å². The molecule has 0 unspecified atom stereocenters. The molecule has 21 heavy (non-hydrogen) atoms. The molecule has 1 heterocycles. The molecule has 0 saturated heterocycles. The van der Waals surface area contributed by atoms with Crippen molar-refractivity contribution >= 4 is 22.4 Å². The summed E-state index contributed by atoms with van der Waals surface area (Å²) in [6, 6.07) is 7.81. The maximum absolute atomic E-state index is 11.5. The Balaban J connectivity index is 2.01. The Morgan fingerprint density at radius 2 is 2.10 bits per heavy atom. The van der Waals surface area contributed by atoms with Gasteiger partial charge >= 0.3 is 0 Å². The van der Waals surface area contributed by atoms with Crippen LogP contribution in [0.5, 0.6) is 5.75 Å². The van der Waals surface area contributed by atoms with Crippen LogP contribution in [0.15, 0.2) is 29.6 Å². The lowest BCUT2D eigenvalue weighted by atomic mass is 10.2. The van der Waals surface area contributed by atoms with Gasteiger partial charge in [0.1, 0.15) is 5.75 Å². The first-order valence-corrected chi connectivity index (χ1v) is 7.74. The van der Waals surface area contributed by atoms with Gasteiger partial charge in [-0.2, -0.15) is 0 Å². The quantitative estimate of drug-likeness (QED) is 0.825. The average Bonchev–Trinajstić information content (AvgIpc) is 2.94. The summed E-state index contributed by atoms with van der Waals surface area (Å²) in [7, 11) is 1.73. The van der Waals surface area contributed by atoms with Crippen molar-refractivity contribution in [2.75, 3.05) is 25.5 Å². The Bertz CT molecular complexity index is 581. The van der Waals surface area contributed by atoms with Crippen LogP contribution in [0.1, 0.15) is 13.3 Å². The van der Waals surface area contributed by atoms with Gasteiger partial charge in [0.25, 0.3) is 0 Å². The van der Waals surface area contributed by atoms with Crippen molar-refractivity contribution in [2.24, 2.45) is 0 Å². The summed E-state index contributed by atoms with van der Waals surface area (Å²) in [5.74, 6) is 0.764. The van der Waals surface area contributed by atoms with Gasteiger partial charge in [0.15, 0.2) is 5.13 Å². The van der Waals surface area contributed by atoms with Gasteiger partial charge < -0.3 is 15.4 Å². The number of carbonyl (C=O) groups excluding carboxylic acids is 1. The number of benzene rings is 1. The molecule has 0 radical (unpaired) electrons. The molecule has 0 saturated carbocycles. The van der Waals surface area contributed by atoms with Gasteiger partial charge in [-0.15, -0.1) is 11.3 Å². The van der Waals surface area contributed by atoms with Crippen molar-refractivity contribution in [1.82, 2.24) is 10.3 Å². The first-order chi connectivity index (χ1) is 10.2. The number of hydrogen-bond donors (Lipinski definition) is 2. The Kier molecular flexibility index (Phi) is 5.71. The molecule has 0 aliphatic carbocycles. The van der Waals surface area contributed by atoms with E-state index in [9.17, 15) is 4.79 Å². The molecule has 1 amide bonds. The predicted octanol–water partition coefficient (Wildman–Crippen LogP) is 2.76. The molecular weight excluding hydrogens is 286 g/mol. The van der Waals surface area contributed by atoms with Gasteiger partial charge in [-0.1, -0.05) is 6.92 Å². The van der Waals surface area contributed by atoms with Crippen LogP contribution in [0.4, 0.5) is 5.13 Å². The maximum atomic E-state index is 11.5. The van der Waals surface area contributed by atoms with Crippen molar-refractivity contribution in [1.29, 1.82) is 0 Å². The van der Waals surface area contributed by atoms with E-state index in [4.69, 9.17) is 4.74 Å². The fourth-order valence-corrected chi connectivity index (χ4v) is 2.47. The smallest absolute Gasteiger partial charge is 0.240 e. The fourth-order valence-electron chi connectivity index (χ4n) is 1.73. The highest BCUT2D eigenvalue weighted by Crippen LogP contribution is 2.26. The molecule has 2 aromatic rings. The molecule has 1 aromatic heterocycles.